The van der Waals surface area contributed by atoms with Crippen LogP contribution in [0, 0.1) is 20.8 Å². The fraction of sp³-hybridized carbons (Fsp3) is 0.333. The second-order valence-electron chi connectivity index (χ2n) is 9.34. The first-order valence-corrected chi connectivity index (χ1v) is 14.0. The largest absolute Gasteiger partial charge is 0.378 e. The van der Waals surface area contributed by atoms with Gasteiger partial charge >= 0.3 is 0 Å². The van der Waals surface area contributed by atoms with Crippen LogP contribution in [0.5, 0.6) is 0 Å². The first-order chi connectivity index (χ1) is 15.0. The summed E-state index contributed by atoms with van der Waals surface area (Å²) in [5.41, 5.74) is 7.23. The van der Waals surface area contributed by atoms with Crippen LogP contribution < -0.4 is 30.3 Å². The molecule has 0 aromatic heterocycles. The van der Waals surface area contributed by atoms with Crippen LogP contribution in [0.2, 0.25) is 0 Å². The summed E-state index contributed by atoms with van der Waals surface area (Å²) in [5.74, 6) is 0. The maximum atomic E-state index is 8.04. The van der Waals surface area contributed by atoms with Crippen molar-refractivity contribution in [1.29, 1.82) is 0 Å². The summed E-state index contributed by atoms with van der Waals surface area (Å²) >= 11 is 8.04. The van der Waals surface area contributed by atoms with Gasteiger partial charge in [-0.15, -0.1) is 11.1 Å². The van der Waals surface area contributed by atoms with Crippen molar-refractivity contribution in [1.82, 2.24) is 0 Å². The van der Waals surface area contributed by atoms with E-state index in [0.29, 0.717) is 0 Å². The van der Waals surface area contributed by atoms with Crippen molar-refractivity contribution in [2.24, 2.45) is 0 Å². The first-order valence-electron chi connectivity index (χ1n) is 11.0. The Hall–Kier alpha value is -2.43. The van der Waals surface area contributed by atoms with Gasteiger partial charge in [-0.3, -0.25) is 0 Å². The summed E-state index contributed by atoms with van der Waals surface area (Å²) in [6, 6.07) is 20.1. The molecule has 3 rings (SSSR count). The van der Waals surface area contributed by atoms with E-state index in [1.165, 1.54) is 49.3 Å². The molecule has 0 N–H and O–H groups in total. The molecule has 170 valence electrons. The Morgan fingerprint density at radius 1 is 0.500 bits per heavy atom. The van der Waals surface area contributed by atoms with Crippen molar-refractivity contribution < 1.29 is 0 Å². The van der Waals surface area contributed by atoms with Gasteiger partial charge < -0.3 is 14.7 Å². The molecule has 0 fully saturated rings. The molecule has 0 radical (unpaired) electrons. The molecule has 0 amide bonds. The molecule has 3 nitrogen and oxygen atoms in total. The number of hydrogen-bond acceptors (Lipinski definition) is 3. The van der Waals surface area contributed by atoms with Crippen LogP contribution >= 0.6 is 11.1 Å². The second kappa shape index (κ2) is 9.20. The number of anilines is 3. The summed E-state index contributed by atoms with van der Waals surface area (Å²) in [7, 11) is 9.66. The van der Waals surface area contributed by atoms with E-state index in [4.69, 9.17) is 11.1 Å². The summed E-state index contributed by atoms with van der Waals surface area (Å²) in [5, 5.41) is 3.76. The SMILES string of the molecule is Cc1ccc(N(C)C)cc1[Si](Cl)(c1cc(N(C)C)ccc1C)c1cc(N(C)C)ccc1C. The Morgan fingerprint density at radius 3 is 0.969 bits per heavy atom. The fourth-order valence-electron chi connectivity index (χ4n) is 4.21. The Morgan fingerprint density at radius 2 is 0.750 bits per heavy atom. The summed E-state index contributed by atoms with van der Waals surface area (Å²) in [6.07, 6.45) is 0. The molecule has 0 saturated carbocycles. The minimum Gasteiger partial charge on any atom is -0.378 e. The van der Waals surface area contributed by atoms with Gasteiger partial charge in [-0.05, 0) is 89.4 Å². The predicted molar refractivity (Wildman–Crippen MR) is 147 cm³/mol. The number of nitrogens with zero attached hydrogens (tertiary/aromatic N) is 3. The molecule has 0 aliphatic heterocycles. The highest BCUT2D eigenvalue weighted by molar-refractivity contribution is 7.40. The summed E-state index contributed by atoms with van der Waals surface area (Å²) in [6.45, 7) is 6.57. The van der Waals surface area contributed by atoms with E-state index < -0.39 is 7.38 Å². The van der Waals surface area contributed by atoms with Crippen LogP contribution in [0.4, 0.5) is 17.1 Å². The maximum Gasteiger partial charge on any atom is 0.248 e. The minimum atomic E-state index is -2.85. The highest BCUT2D eigenvalue weighted by Crippen LogP contribution is 2.24. The molecule has 0 heterocycles. The maximum absolute atomic E-state index is 8.04. The molecule has 0 aliphatic carbocycles. The van der Waals surface area contributed by atoms with Crippen LogP contribution in [0.15, 0.2) is 54.6 Å². The predicted octanol–water partition coefficient (Wildman–Crippen LogP) is 4.02. The molecular weight excluding hydrogens is 430 g/mol. The van der Waals surface area contributed by atoms with Gasteiger partial charge in [0.05, 0.1) is 0 Å². The lowest BCUT2D eigenvalue weighted by molar-refractivity contribution is 1.13. The molecule has 0 bridgehead atoms. The molecular formula is C27H36ClN3Si. The lowest BCUT2D eigenvalue weighted by atomic mass is 10.2. The van der Waals surface area contributed by atoms with E-state index in [2.05, 4.69) is 132 Å². The Kier molecular flexibility index (Phi) is 6.96. The third-order valence-electron chi connectivity index (χ3n) is 6.33. The molecule has 5 heteroatoms. The van der Waals surface area contributed by atoms with Crippen molar-refractivity contribution in [2.45, 2.75) is 20.8 Å². The van der Waals surface area contributed by atoms with Crippen molar-refractivity contribution in [3.63, 3.8) is 0 Å². The van der Waals surface area contributed by atoms with E-state index in [-0.39, 0.29) is 0 Å². The lowest BCUT2D eigenvalue weighted by Crippen LogP contribution is -2.65. The van der Waals surface area contributed by atoms with Crippen molar-refractivity contribution >= 4 is 51.1 Å². The van der Waals surface area contributed by atoms with E-state index in [9.17, 15) is 0 Å². The van der Waals surface area contributed by atoms with Crippen molar-refractivity contribution in [3.05, 3.63) is 71.3 Å². The van der Waals surface area contributed by atoms with Gasteiger partial charge in [0.15, 0.2) is 0 Å². The molecule has 3 aromatic rings. The van der Waals surface area contributed by atoms with Crippen molar-refractivity contribution in [3.8, 4) is 0 Å². The van der Waals surface area contributed by atoms with E-state index in [0.717, 1.165) is 0 Å². The monoisotopic (exact) mass is 465 g/mol. The number of rotatable bonds is 6. The zero-order valence-corrected chi connectivity index (χ0v) is 22.7. The topological polar surface area (TPSA) is 9.72 Å². The minimum absolute atomic E-state index is 1.17. The Bertz CT molecular complexity index is 982. The Labute approximate surface area is 199 Å². The van der Waals surface area contributed by atoms with Gasteiger partial charge in [0.25, 0.3) is 0 Å². The van der Waals surface area contributed by atoms with Crippen LogP contribution in [0.1, 0.15) is 16.7 Å². The zero-order chi connectivity index (χ0) is 23.8. The van der Waals surface area contributed by atoms with E-state index >= 15 is 0 Å². The number of halogens is 1. The van der Waals surface area contributed by atoms with E-state index in [1.807, 2.05) is 0 Å². The van der Waals surface area contributed by atoms with Gasteiger partial charge in [-0.1, -0.05) is 18.2 Å². The van der Waals surface area contributed by atoms with Gasteiger partial charge in [-0.25, -0.2) is 0 Å². The van der Waals surface area contributed by atoms with Crippen LogP contribution in [0.3, 0.4) is 0 Å². The van der Waals surface area contributed by atoms with E-state index in [1.54, 1.807) is 0 Å². The standard InChI is InChI=1S/C27H36ClN3Si/c1-19-10-13-22(29(4)5)16-25(19)32(28,26-17-23(30(6)7)14-11-20(26)2)27-18-24(31(8)9)15-12-21(27)3/h10-18H,1-9H3. The summed E-state index contributed by atoms with van der Waals surface area (Å²) in [4.78, 5) is 6.46. The molecule has 0 saturated heterocycles. The smallest absolute Gasteiger partial charge is 0.248 e. The quantitative estimate of drug-likeness (QED) is 0.309. The van der Waals surface area contributed by atoms with Crippen LogP contribution in [-0.4, -0.2) is 49.7 Å². The van der Waals surface area contributed by atoms with Gasteiger partial charge in [-0.2, -0.15) is 0 Å². The average molecular weight is 466 g/mol. The molecule has 0 aliphatic rings. The van der Waals surface area contributed by atoms with Gasteiger partial charge in [0, 0.05) is 59.3 Å². The number of aryl methyl sites for hydroxylation is 3. The lowest BCUT2D eigenvalue weighted by Gasteiger charge is -2.33. The zero-order valence-electron chi connectivity index (χ0n) is 20.9. The fourth-order valence-corrected chi connectivity index (χ4v) is 9.84. The highest BCUT2D eigenvalue weighted by Gasteiger charge is 2.42. The third kappa shape index (κ3) is 4.39. The number of hydrogen-bond donors (Lipinski definition) is 0. The first kappa shape index (κ1) is 24.2. The molecule has 0 spiro atoms. The third-order valence-corrected chi connectivity index (χ3v) is 12.0. The molecule has 32 heavy (non-hydrogen) atoms. The normalized spacial score (nSPS) is 11.4. The highest BCUT2D eigenvalue weighted by atomic mass is 35.6. The second-order valence-corrected chi connectivity index (χ2v) is 14.0. The number of benzene rings is 3. The molecule has 3 aromatic carbocycles. The van der Waals surface area contributed by atoms with Gasteiger partial charge in [0.1, 0.15) is 0 Å². The average Bonchev–Trinajstić information content (AvgIpc) is 2.73. The van der Waals surface area contributed by atoms with Gasteiger partial charge in [0.2, 0.25) is 7.38 Å². The van der Waals surface area contributed by atoms with Crippen LogP contribution in [0.25, 0.3) is 0 Å². The van der Waals surface area contributed by atoms with Crippen molar-refractivity contribution in [2.75, 3.05) is 57.0 Å². The Balaban J connectivity index is 2.46. The van der Waals surface area contributed by atoms with Crippen LogP contribution in [-0.2, 0) is 0 Å². The summed E-state index contributed by atoms with van der Waals surface area (Å²) < 4.78 is 0. The molecule has 0 atom stereocenters. The molecule has 0 unspecified atom stereocenters.